The number of nitrogens with one attached hydrogen (secondary N) is 1. The molecule has 5 nitrogen and oxygen atoms in total. The summed E-state index contributed by atoms with van der Waals surface area (Å²) in [5, 5.41) is 8.30. The van der Waals surface area contributed by atoms with Crippen LogP contribution >= 0.6 is 0 Å². The second kappa shape index (κ2) is 13.5. The van der Waals surface area contributed by atoms with Crippen LogP contribution in [0, 0.1) is 5.41 Å². The Hall–Kier alpha value is -1.72. The van der Waals surface area contributed by atoms with Crippen molar-refractivity contribution in [3.63, 3.8) is 0 Å². The number of hydrogen-bond acceptors (Lipinski definition) is 4. The Morgan fingerprint density at radius 2 is 1.24 bits per heavy atom. The summed E-state index contributed by atoms with van der Waals surface area (Å²) in [7, 11) is 0. The highest BCUT2D eigenvalue weighted by Crippen LogP contribution is 2.28. The highest BCUT2D eigenvalue weighted by atomic mass is 16.5. The van der Waals surface area contributed by atoms with E-state index in [4.69, 9.17) is 20.6 Å². The molecule has 1 aromatic rings. The van der Waals surface area contributed by atoms with Crippen molar-refractivity contribution in [3.05, 3.63) is 34.4 Å². The zero-order valence-electron chi connectivity index (χ0n) is 18.4. The summed E-state index contributed by atoms with van der Waals surface area (Å²) in [5.41, 5.74) is 10.7. The molecule has 0 atom stereocenters. The molecule has 0 saturated carbocycles. The maximum Gasteiger partial charge on any atom is 0.155 e. The van der Waals surface area contributed by atoms with E-state index in [1.165, 1.54) is 36.8 Å². The third kappa shape index (κ3) is 7.56. The van der Waals surface area contributed by atoms with Gasteiger partial charge in [-0.25, -0.2) is 4.99 Å². The van der Waals surface area contributed by atoms with Gasteiger partial charge in [-0.1, -0.05) is 37.8 Å². The molecule has 1 heterocycles. The number of benzene rings is 1. The van der Waals surface area contributed by atoms with E-state index in [1.807, 2.05) is 13.8 Å². The van der Waals surface area contributed by atoms with Gasteiger partial charge in [-0.05, 0) is 63.5 Å². The number of hydrogen-bond donors (Lipinski definition) is 2. The lowest BCUT2D eigenvalue weighted by Crippen LogP contribution is -2.14. The van der Waals surface area contributed by atoms with Crippen LogP contribution in [0.3, 0.4) is 0 Å². The molecule has 29 heavy (non-hydrogen) atoms. The molecular weight excluding hydrogens is 362 g/mol. The molecule has 0 fully saturated rings. The van der Waals surface area contributed by atoms with Gasteiger partial charge in [-0.2, -0.15) is 0 Å². The van der Waals surface area contributed by atoms with E-state index >= 15 is 0 Å². The smallest absolute Gasteiger partial charge is 0.155 e. The normalized spacial score (nSPS) is 13.0. The van der Waals surface area contributed by atoms with Gasteiger partial charge in [0.15, 0.2) is 5.84 Å². The van der Waals surface area contributed by atoms with Crippen molar-refractivity contribution in [1.29, 1.82) is 5.41 Å². The van der Waals surface area contributed by atoms with E-state index in [-0.39, 0.29) is 0 Å². The van der Waals surface area contributed by atoms with Crippen LogP contribution in [0.2, 0.25) is 0 Å². The fourth-order valence-electron chi connectivity index (χ4n) is 3.94. The second-order valence-corrected chi connectivity index (χ2v) is 7.70. The molecule has 1 aromatic carbocycles. The quantitative estimate of drug-likeness (QED) is 0.382. The molecule has 0 radical (unpaired) electrons. The zero-order chi connectivity index (χ0) is 20.9. The number of rotatable bonds is 16. The Balaban J connectivity index is 1.86. The number of nitrogens with two attached hydrogens (primary N) is 1. The van der Waals surface area contributed by atoms with Crippen LogP contribution < -0.4 is 5.73 Å². The van der Waals surface area contributed by atoms with Crippen LogP contribution in [0.15, 0.2) is 17.1 Å². The third-order valence-corrected chi connectivity index (χ3v) is 5.48. The molecule has 0 spiro atoms. The Labute approximate surface area is 176 Å². The molecule has 0 aliphatic carbocycles. The van der Waals surface area contributed by atoms with Gasteiger partial charge < -0.3 is 15.2 Å². The van der Waals surface area contributed by atoms with Crippen LogP contribution in [0.5, 0.6) is 0 Å². The first-order chi connectivity index (χ1) is 14.2. The number of ether oxygens (including phenoxy) is 2. The van der Waals surface area contributed by atoms with E-state index in [1.54, 1.807) is 0 Å². The van der Waals surface area contributed by atoms with Crippen LogP contribution in [-0.2, 0) is 22.3 Å². The molecule has 0 unspecified atom stereocenters. The molecule has 1 aliphatic rings. The molecule has 0 aromatic heterocycles. The summed E-state index contributed by atoms with van der Waals surface area (Å²) >= 11 is 0. The summed E-state index contributed by atoms with van der Waals surface area (Å²) in [6, 6.07) is 4.41. The molecule has 162 valence electrons. The van der Waals surface area contributed by atoms with E-state index in [0.717, 1.165) is 76.1 Å². The van der Waals surface area contributed by atoms with E-state index in [2.05, 4.69) is 17.1 Å². The number of amidine groups is 2. The molecule has 0 amide bonds. The molecular formula is C24H39N3O2. The van der Waals surface area contributed by atoms with Crippen LogP contribution in [0.1, 0.15) is 87.5 Å². The van der Waals surface area contributed by atoms with Gasteiger partial charge in [0.1, 0.15) is 5.84 Å². The van der Waals surface area contributed by atoms with Gasteiger partial charge >= 0.3 is 0 Å². The number of nitrogens with zero attached hydrogens (tertiary/aromatic N) is 1. The van der Waals surface area contributed by atoms with E-state index < -0.39 is 0 Å². The van der Waals surface area contributed by atoms with Crippen molar-refractivity contribution < 1.29 is 9.47 Å². The highest BCUT2D eigenvalue weighted by Gasteiger charge is 2.24. The van der Waals surface area contributed by atoms with Gasteiger partial charge in [-0.15, -0.1) is 0 Å². The average molecular weight is 402 g/mol. The Morgan fingerprint density at radius 1 is 0.759 bits per heavy atom. The van der Waals surface area contributed by atoms with Gasteiger partial charge in [0.25, 0.3) is 0 Å². The second-order valence-electron chi connectivity index (χ2n) is 7.70. The zero-order valence-corrected chi connectivity index (χ0v) is 18.4. The first-order valence-electron chi connectivity index (χ1n) is 11.4. The predicted octanol–water partition coefficient (Wildman–Crippen LogP) is 5.01. The number of fused-ring (bicyclic) bond motifs is 1. The lowest BCUT2D eigenvalue weighted by molar-refractivity contribution is 0.143. The summed E-state index contributed by atoms with van der Waals surface area (Å²) in [5.74, 6) is 0.859. The van der Waals surface area contributed by atoms with Crippen LogP contribution in [0.25, 0.3) is 0 Å². The SMILES string of the molecule is CCOCCCCCCc1ccc(CCCCCCOCC)c2c1C(=N)N=C2N. The maximum atomic E-state index is 8.30. The average Bonchev–Trinajstić information content (AvgIpc) is 3.02. The fourth-order valence-corrected chi connectivity index (χ4v) is 3.94. The largest absolute Gasteiger partial charge is 0.383 e. The van der Waals surface area contributed by atoms with Gasteiger partial charge in [0.2, 0.25) is 0 Å². The minimum absolute atomic E-state index is 0.336. The molecule has 3 N–H and O–H groups in total. The minimum Gasteiger partial charge on any atom is -0.383 e. The summed E-state index contributed by atoms with van der Waals surface area (Å²) < 4.78 is 10.8. The first kappa shape index (κ1) is 23.6. The van der Waals surface area contributed by atoms with E-state index in [9.17, 15) is 0 Å². The predicted molar refractivity (Wildman–Crippen MR) is 121 cm³/mol. The van der Waals surface area contributed by atoms with Crippen molar-refractivity contribution in [1.82, 2.24) is 0 Å². The van der Waals surface area contributed by atoms with Gasteiger partial charge in [0, 0.05) is 37.6 Å². The van der Waals surface area contributed by atoms with Gasteiger partial charge in [-0.3, -0.25) is 5.41 Å². The van der Waals surface area contributed by atoms with Crippen LogP contribution in [0.4, 0.5) is 0 Å². The van der Waals surface area contributed by atoms with Crippen molar-refractivity contribution >= 4 is 11.7 Å². The summed E-state index contributed by atoms with van der Waals surface area (Å²) in [6.07, 6.45) is 11.3. The van der Waals surface area contributed by atoms with Crippen LogP contribution in [-0.4, -0.2) is 38.1 Å². The molecule has 2 rings (SSSR count). The fraction of sp³-hybridized carbons (Fsp3) is 0.667. The first-order valence-corrected chi connectivity index (χ1v) is 11.4. The number of aryl methyl sites for hydroxylation is 2. The summed E-state index contributed by atoms with van der Waals surface area (Å²) in [6.45, 7) is 7.40. The highest BCUT2D eigenvalue weighted by molar-refractivity contribution is 6.22. The van der Waals surface area contributed by atoms with Crippen molar-refractivity contribution in [3.8, 4) is 0 Å². The molecule has 5 heteroatoms. The van der Waals surface area contributed by atoms with Crippen molar-refractivity contribution in [2.45, 2.75) is 78.1 Å². The lowest BCUT2D eigenvalue weighted by Gasteiger charge is -2.13. The molecule has 1 aliphatic heterocycles. The minimum atomic E-state index is 0.336. The monoisotopic (exact) mass is 401 g/mol. The Bertz CT molecular complexity index is 670. The van der Waals surface area contributed by atoms with Crippen molar-refractivity contribution in [2.24, 2.45) is 10.7 Å². The standard InChI is InChI=1S/C24H39N3O2/c1-3-28-17-11-7-5-9-13-19-15-16-20(14-10-6-8-12-18-29-4-2)22-21(19)23(25)27-24(22)26/h15-16H,3-14,17-18H2,1-2H3,(H3,25,26,27). The maximum absolute atomic E-state index is 8.30. The lowest BCUT2D eigenvalue weighted by atomic mass is 9.91. The third-order valence-electron chi connectivity index (χ3n) is 5.48. The number of aliphatic imine (C=N–C) groups is 1. The summed E-state index contributed by atoms with van der Waals surface area (Å²) in [4.78, 5) is 4.28. The topological polar surface area (TPSA) is 80.7 Å². The Kier molecular flexibility index (Phi) is 11.0. The van der Waals surface area contributed by atoms with E-state index in [0.29, 0.717) is 11.7 Å². The molecule has 0 saturated heterocycles. The van der Waals surface area contributed by atoms with Gasteiger partial charge in [0.05, 0.1) is 0 Å². The molecule has 0 bridgehead atoms. The Morgan fingerprint density at radius 3 is 1.76 bits per heavy atom. The van der Waals surface area contributed by atoms with Crippen molar-refractivity contribution in [2.75, 3.05) is 26.4 Å². The number of unbranched alkanes of at least 4 members (excludes halogenated alkanes) is 6.